The number of nitrogens with one attached hydrogen (secondary N) is 1. The molecule has 2 aliphatic rings. The summed E-state index contributed by atoms with van der Waals surface area (Å²) >= 11 is 5.07. The maximum Gasteiger partial charge on any atom is 0.270 e. The summed E-state index contributed by atoms with van der Waals surface area (Å²) in [5.41, 5.74) is 0.584. The van der Waals surface area contributed by atoms with Crippen molar-refractivity contribution in [3.05, 3.63) is 72.1 Å². The number of anilines is 2. The molecule has 2 aliphatic heterocycles. The molecule has 0 aromatic heterocycles. The van der Waals surface area contributed by atoms with E-state index < -0.39 is 29.5 Å². The Balaban J connectivity index is 1.69. The van der Waals surface area contributed by atoms with Crippen LogP contribution in [0.5, 0.6) is 0 Å². The Morgan fingerprint density at radius 1 is 1.07 bits per heavy atom. The van der Waals surface area contributed by atoms with Crippen LogP contribution in [-0.2, 0) is 14.4 Å². The number of halogens is 1. The van der Waals surface area contributed by atoms with Gasteiger partial charge in [-0.3, -0.25) is 19.7 Å². The van der Waals surface area contributed by atoms with Crippen LogP contribution in [0.25, 0.3) is 0 Å². The van der Waals surface area contributed by atoms with Crippen molar-refractivity contribution in [2.24, 2.45) is 11.0 Å². The van der Waals surface area contributed by atoms with Crippen LogP contribution in [0.1, 0.15) is 6.92 Å². The van der Waals surface area contributed by atoms with E-state index in [1.807, 2.05) is 6.07 Å². The molecule has 4 rings (SSSR count). The number of para-hydroxylation sites is 2. The van der Waals surface area contributed by atoms with Gasteiger partial charge in [0.2, 0.25) is 0 Å². The van der Waals surface area contributed by atoms with E-state index in [1.165, 1.54) is 29.3 Å². The highest BCUT2D eigenvalue weighted by atomic mass is 32.1. The van der Waals surface area contributed by atoms with Crippen molar-refractivity contribution >= 4 is 52.1 Å². The number of carbonyl (C=O) groups excluding carboxylic acids is 3. The van der Waals surface area contributed by atoms with Gasteiger partial charge in [0.15, 0.2) is 5.11 Å². The van der Waals surface area contributed by atoms with Gasteiger partial charge < -0.3 is 0 Å². The molecule has 2 heterocycles. The van der Waals surface area contributed by atoms with E-state index in [-0.39, 0.29) is 16.4 Å². The van der Waals surface area contributed by atoms with Crippen molar-refractivity contribution in [2.75, 3.05) is 9.91 Å². The highest BCUT2D eigenvalue weighted by Gasteiger charge is 2.39. The first-order chi connectivity index (χ1) is 14.4. The molecule has 1 atom stereocenters. The lowest BCUT2D eigenvalue weighted by Crippen LogP contribution is -2.54. The summed E-state index contributed by atoms with van der Waals surface area (Å²) in [5.74, 6) is -3.56. The Labute approximate surface area is 176 Å². The van der Waals surface area contributed by atoms with Crippen LogP contribution in [0.3, 0.4) is 0 Å². The van der Waals surface area contributed by atoms with Gasteiger partial charge in [-0.1, -0.05) is 30.3 Å². The van der Waals surface area contributed by atoms with Gasteiger partial charge in [0, 0.05) is 0 Å². The number of benzene rings is 2. The molecule has 1 saturated heterocycles. The van der Waals surface area contributed by atoms with Gasteiger partial charge in [0.1, 0.15) is 11.4 Å². The first kappa shape index (κ1) is 19.6. The molecule has 150 valence electrons. The third kappa shape index (κ3) is 3.29. The summed E-state index contributed by atoms with van der Waals surface area (Å²) < 4.78 is 14.2. The van der Waals surface area contributed by atoms with Crippen molar-refractivity contribution in [2.45, 2.75) is 6.92 Å². The molecule has 0 unspecified atom stereocenters. The molecule has 0 spiro atoms. The summed E-state index contributed by atoms with van der Waals surface area (Å²) in [6, 6.07) is 14.4. The maximum atomic E-state index is 14.2. The molecule has 0 radical (unpaired) electrons. The predicted octanol–water partition coefficient (Wildman–Crippen LogP) is 2.54. The fraction of sp³-hybridized carbons (Fsp3) is 0.0952. The standard InChI is InChI=1S/C21H15FN4O3S/c1-12-14(20(29)26(24-12)13-7-3-2-4-8-13)11-15-18(27)23-21(30)25(19(15)28)17-10-6-5-9-16(17)22/h2-11,14H,1H3,(H,23,27,30)/b15-11+/t14-/m0/s1. The Morgan fingerprint density at radius 2 is 1.73 bits per heavy atom. The highest BCUT2D eigenvalue weighted by molar-refractivity contribution is 7.80. The Hall–Kier alpha value is -3.72. The predicted molar refractivity (Wildman–Crippen MR) is 113 cm³/mol. The molecule has 2 aromatic rings. The zero-order chi connectivity index (χ0) is 21.4. The van der Waals surface area contributed by atoms with E-state index in [2.05, 4.69) is 10.4 Å². The molecule has 2 aromatic carbocycles. The Morgan fingerprint density at radius 3 is 2.43 bits per heavy atom. The van der Waals surface area contributed by atoms with Crippen molar-refractivity contribution < 1.29 is 18.8 Å². The van der Waals surface area contributed by atoms with Crippen LogP contribution in [-0.4, -0.2) is 28.5 Å². The van der Waals surface area contributed by atoms with Crippen molar-refractivity contribution in [1.29, 1.82) is 0 Å². The monoisotopic (exact) mass is 422 g/mol. The minimum atomic E-state index is -0.913. The zero-order valence-electron chi connectivity index (χ0n) is 15.7. The van der Waals surface area contributed by atoms with E-state index in [0.29, 0.717) is 11.4 Å². The average molecular weight is 422 g/mol. The molecule has 9 heteroatoms. The summed E-state index contributed by atoms with van der Waals surface area (Å²) in [6.45, 7) is 1.63. The van der Waals surface area contributed by atoms with Gasteiger partial charge in [0.25, 0.3) is 17.7 Å². The fourth-order valence-corrected chi connectivity index (χ4v) is 3.50. The molecule has 0 bridgehead atoms. The van der Waals surface area contributed by atoms with Crippen LogP contribution >= 0.6 is 12.2 Å². The topological polar surface area (TPSA) is 82.1 Å². The highest BCUT2D eigenvalue weighted by Crippen LogP contribution is 2.28. The van der Waals surface area contributed by atoms with Gasteiger partial charge in [-0.15, -0.1) is 0 Å². The van der Waals surface area contributed by atoms with Crippen molar-refractivity contribution in [3.63, 3.8) is 0 Å². The van der Waals surface area contributed by atoms with Crippen LogP contribution in [0.15, 0.2) is 71.3 Å². The van der Waals surface area contributed by atoms with Gasteiger partial charge in [0.05, 0.1) is 23.0 Å². The van der Waals surface area contributed by atoms with E-state index >= 15 is 0 Å². The number of hydrogen-bond acceptors (Lipinski definition) is 5. The van der Waals surface area contributed by atoms with Crippen LogP contribution in [0.4, 0.5) is 15.8 Å². The van der Waals surface area contributed by atoms with Gasteiger partial charge >= 0.3 is 0 Å². The summed E-state index contributed by atoms with van der Waals surface area (Å²) in [4.78, 5) is 39.3. The van der Waals surface area contributed by atoms with Crippen LogP contribution in [0.2, 0.25) is 0 Å². The number of nitrogens with zero attached hydrogens (tertiary/aromatic N) is 3. The second-order valence-electron chi connectivity index (χ2n) is 6.64. The summed E-state index contributed by atoms with van der Waals surface area (Å²) in [7, 11) is 0. The fourth-order valence-electron chi connectivity index (χ4n) is 3.22. The molecule has 0 saturated carbocycles. The summed E-state index contributed by atoms with van der Waals surface area (Å²) in [5, 5.41) is 7.63. The third-order valence-electron chi connectivity index (χ3n) is 4.71. The lowest BCUT2D eigenvalue weighted by atomic mass is 9.98. The minimum Gasteiger partial charge on any atom is -0.298 e. The number of amides is 3. The molecule has 3 amide bonds. The van der Waals surface area contributed by atoms with Crippen LogP contribution < -0.4 is 15.2 Å². The number of rotatable bonds is 3. The number of carbonyl (C=O) groups is 3. The smallest absolute Gasteiger partial charge is 0.270 e. The van der Waals surface area contributed by atoms with E-state index in [1.54, 1.807) is 37.3 Å². The number of thiocarbonyl (C=S) groups is 1. The van der Waals surface area contributed by atoms with Gasteiger partial charge in [-0.25, -0.2) is 9.29 Å². The number of hydrazone groups is 1. The minimum absolute atomic E-state index is 0.0903. The van der Waals surface area contributed by atoms with E-state index in [4.69, 9.17) is 12.2 Å². The molecule has 30 heavy (non-hydrogen) atoms. The molecule has 0 aliphatic carbocycles. The van der Waals surface area contributed by atoms with Gasteiger partial charge in [-0.2, -0.15) is 10.1 Å². The lowest BCUT2D eigenvalue weighted by molar-refractivity contribution is -0.122. The molecule has 7 nitrogen and oxygen atoms in total. The molecule has 1 fully saturated rings. The quantitative estimate of drug-likeness (QED) is 0.468. The molecular formula is C21H15FN4O3S. The largest absolute Gasteiger partial charge is 0.298 e. The van der Waals surface area contributed by atoms with Crippen molar-refractivity contribution in [1.82, 2.24) is 5.32 Å². The number of hydrogen-bond donors (Lipinski definition) is 1. The van der Waals surface area contributed by atoms with Crippen molar-refractivity contribution in [3.8, 4) is 0 Å². The molecule has 1 N–H and O–H groups in total. The summed E-state index contributed by atoms with van der Waals surface area (Å²) in [6.07, 6.45) is 1.25. The third-order valence-corrected chi connectivity index (χ3v) is 5.00. The Bertz CT molecular complexity index is 1150. The second-order valence-corrected chi connectivity index (χ2v) is 7.02. The lowest BCUT2D eigenvalue weighted by Gasteiger charge is -2.29. The van der Waals surface area contributed by atoms with E-state index in [9.17, 15) is 18.8 Å². The zero-order valence-corrected chi connectivity index (χ0v) is 16.5. The van der Waals surface area contributed by atoms with E-state index in [0.717, 1.165) is 4.90 Å². The first-order valence-corrected chi connectivity index (χ1v) is 9.39. The average Bonchev–Trinajstić information content (AvgIpc) is 3.01. The maximum absolute atomic E-state index is 14.2. The first-order valence-electron chi connectivity index (χ1n) is 8.98. The normalized spacial score (nSPS) is 20.7. The second kappa shape index (κ2) is 7.60. The van der Waals surface area contributed by atoms with Crippen LogP contribution in [0, 0.1) is 11.7 Å². The van der Waals surface area contributed by atoms with Gasteiger partial charge in [-0.05, 0) is 49.5 Å². The SMILES string of the molecule is CC1=NN(c2ccccc2)C(=O)[C@H]1/C=C1\C(=O)NC(=S)N(c2ccccc2F)C1=O. The Kier molecular flexibility index (Phi) is 4.96. The molecular weight excluding hydrogens is 407 g/mol.